The molecule has 4 aliphatic carbocycles. The second-order valence-corrected chi connectivity index (χ2v) is 12.9. The molecule has 4 aliphatic rings. The molecule has 4 rings (SSSR count). The smallest absolute Gasteiger partial charge is 0.213 e. The van der Waals surface area contributed by atoms with Crippen molar-refractivity contribution in [2.24, 2.45) is 52.3 Å². The topological polar surface area (TPSA) is 43.1 Å². The lowest BCUT2D eigenvalue weighted by Gasteiger charge is -2.60. The van der Waals surface area contributed by atoms with Crippen LogP contribution in [0.15, 0.2) is 0 Å². The minimum Gasteiger partial charge on any atom is -0.264 e. The standard InChI is InChI=1S/C27H47NO2/c1-18(2)7-6-8-19(3)23-11-12-24-22-10-9-20-17-21(28(29)30)13-15-26(20,4)25(22)14-16-27(23,24)5/h18-25H,6-17H2,1-5H3/t19-,20+,21-,22+,23-,24+,25+,26+,27-/m1/s1. The van der Waals surface area contributed by atoms with Gasteiger partial charge in [-0.1, -0.05) is 53.9 Å². The minimum atomic E-state index is -0.268. The van der Waals surface area contributed by atoms with Gasteiger partial charge in [0, 0.05) is 17.8 Å². The maximum atomic E-state index is 11.4. The fourth-order valence-electron chi connectivity index (χ4n) is 9.45. The Hall–Kier alpha value is -0.600. The number of rotatable bonds is 6. The van der Waals surface area contributed by atoms with Crippen LogP contribution in [-0.4, -0.2) is 11.0 Å². The van der Waals surface area contributed by atoms with E-state index in [1.165, 1.54) is 57.8 Å². The molecule has 4 saturated carbocycles. The number of hydrogen-bond acceptors (Lipinski definition) is 2. The Morgan fingerprint density at radius 2 is 1.60 bits per heavy atom. The first kappa shape index (κ1) is 22.6. The fraction of sp³-hybridized carbons (Fsp3) is 1.00. The molecule has 30 heavy (non-hydrogen) atoms. The Balaban J connectivity index is 1.45. The number of hydrogen-bond donors (Lipinski definition) is 0. The first-order chi connectivity index (χ1) is 14.2. The van der Waals surface area contributed by atoms with Crippen LogP contribution in [0.5, 0.6) is 0 Å². The van der Waals surface area contributed by atoms with Crippen molar-refractivity contribution >= 4 is 0 Å². The molecule has 0 amide bonds. The van der Waals surface area contributed by atoms with Crippen molar-refractivity contribution in [2.45, 2.75) is 118 Å². The molecule has 0 aromatic heterocycles. The molecular formula is C27H47NO2. The van der Waals surface area contributed by atoms with Gasteiger partial charge in [-0.05, 0) is 97.2 Å². The molecule has 0 heterocycles. The molecule has 0 N–H and O–H groups in total. The molecule has 0 aromatic rings. The molecule has 172 valence electrons. The van der Waals surface area contributed by atoms with Crippen LogP contribution in [0.2, 0.25) is 0 Å². The monoisotopic (exact) mass is 417 g/mol. The zero-order chi connectivity index (χ0) is 21.7. The molecule has 0 radical (unpaired) electrons. The predicted octanol–water partition coefficient (Wildman–Crippen LogP) is 7.75. The van der Waals surface area contributed by atoms with Gasteiger partial charge >= 0.3 is 0 Å². The van der Waals surface area contributed by atoms with Crippen molar-refractivity contribution in [3.8, 4) is 0 Å². The van der Waals surface area contributed by atoms with E-state index in [2.05, 4.69) is 34.6 Å². The molecule has 0 unspecified atom stereocenters. The number of nitro groups is 1. The van der Waals surface area contributed by atoms with Crippen LogP contribution in [0, 0.1) is 62.4 Å². The van der Waals surface area contributed by atoms with E-state index in [0.717, 1.165) is 54.8 Å². The highest BCUT2D eigenvalue weighted by molar-refractivity contribution is 5.09. The average Bonchev–Trinajstić information content (AvgIpc) is 3.04. The lowest BCUT2D eigenvalue weighted by molar-refractivity contribution is -0.531. The molecule has 0 bridgehead atoms. The van der Waals surface area contributed by atoms with E-state index >= 15 is 0 Å². The summed E-state index contributed by atoms with van der Waals surface area (Å²) in [6.07, 6.45) is 15.3. The third-order valence-electron chi connectivity index (χ3n) is 11.1. The molecule has 0 aromatic carbocycles. The van der Waals surface area contributed by atoms with Gasteiger partial charge < -0.3 is 0 Å². The lowest BCUT2D eigenvalue weighted by Crippen LogP contribution is -2.54. The van der Waals surface area contributed by atoms with E-state index in [1.807, 2.05) is 0 Å². The summed E-state index contributed by atoms with van der Waals surface area (Å²) in [6, 6.07) is -0.268. The van der Waals surface area contributed by atoms with E-state index in [9.17, 15) is 10.1 Å². The Morgan fingerprint density at radius 1 is 0.900 bits per heavy atom. The predicted molar refractivity (Wildman–Crippen MR) is 124 cm³/mol. The van der Waals surface area contributed by atoms with Crippen molar-refractivity contribution < 1.29 is 4.92 Å². The van der Waals surface area contributed by atoms with E-state index in [1.54, 1.807) is 0 Å². The summed E-state index contributed by atoms with van der Waals surface area (Å²) in [5, 5.41) is 11.4. The summed E-state index contributed by atoms with van der Waals surface area (Å²) >= 11 is 0. The SMILES string of the molecule is CC(C)CCC[C@@H](C)[C@H]1CC[C@H]2[C@@H]3CC[C@H]4C[C@H]([N+](=O)[O-])CC[C@]4(C)[C@H]3CC[C@]12C. The third kappa shape index (κ3) is 3.75. The number of nitrogens with zero attached hydrogens (tertiary/aromatic N) is 1. The van der Waals surface area contributed by atoms with Gasteiger partial charge in [-0.15, -0.1) is 0 Å². The number of fused-ring (bicyclic) bond motifs is 5. The molecule has 9 atom stereocenters. The van der Waals surface area contributed by atoms with E-state index in [0.29, 0.717) is 16.7 Å². The molecule has 0 saturated heterocycles. The van der Waals surface area contributed by atoms with E-state index < -0.39 is 0 Å². The van der Waals surface area contributed by atoms with Crippen LogP contribution < -0.4 is 0 Å². The van der Waals surface area contributed by atoms with Crippen molar-refractivity contribution in [1.82, 2.24) is 0 Å². The zero-order valence-electron chi connectivity index (χ0n) is 20.4. The first-order valence-corrected chi connectivity index (χ1v) is 13.3. The van der Waals surface area contributed by atoms with Gasteiger partial charge in [0.2, 0.25) is 6.04 Å². The summed E-state index contributed by atoms with van der Waals surface area (Å²) < 4.78 is 0. The summed E-state index contributed by atoms with van der Waals surface area (Å²) in [4.78, 5) is 11.4. The van der Waals surface area contributed by atoms with Crippen LogP contribution in [0.1, 0.15) is 112 Å². The fourth-order valence-corrected chi connectivity index (χ4v) is 9.45. The second-order valence-electron chi connectivity index (χ2n) is 12.9. The third-order valence-corrected chi connectivity index (χ3v) is 11.1. The lowest BCUT2D eigenvalue weighted by atomic mass is 9.44. The highest BCUT2D eigenvalue weighted by Gasteiger charge is 2.61. The minimum absolute atomic E-state index is 0.0197. The maximum absolute atomic E-state index is 11.4. The Morgan fingerprint density at radius 3 is 2.30 bits per heavy atom. The quantitative estimate of drug-likeness (QED) is 0.327. The summed E-state index contributed by atoms with van der Waals surface area (Å²) in [5.41, 5.74) is 0.928. The molecule has 3 nitrogen and oxygen atoms in total. The van der Waals surface area contributed by atoms with Gasteiger partial charge in [-0.3, -0.25) is 10.1 Å². The average molecular weight is 418 g/mol. The largest absolute Gasteiger partial charge is 0.264 e. The van der Waals surface area contributed by atoms with Gasteiger partial charge in [-0.25, -0.2) is 0 Å². The normalized spacial score (nSPS) is 46.7. The van der Waals surface area contributed by atoms with Crippen molar-refractivity contribution in [3.63, 3.8) is 0 Å². The summed E-state index contributed by atoms with van der Waals surface area (Å²) in [5.74, 6) is 5.87. The van der Waals surface area contributed by atoms with E-state index in [4.69, 9.17) is 0 Å². The Kier molecular flexibility index (Phi) is 6.32. The van der Waals surface area contributed by atoms with Gasteiger partial charge in [0.15, 0.2) is 0 Å². The highest BCUT2D eigenvalue weighted by atomic mass is 16.6. The summed E-state index contributed by atoms with van der Waals surface area (Å²) in [7, 11) is 0. The first-order valence-electron chi connectivity index (χ1n) is 13.3. The van der Waals surface area contributed by atoms with Crippen molar-refractivity contribution in [2.75, 3.05) is 0 Å². The Labute approximate surface area is 185 Å². The van der Waals surface area contributed by atoms with Crippen LogP contribution >= 0.6 is 0 Å². The van der Waals surface area contributed by atoms with Gasteiger partial charge in [0.05, 0.1) is 0 Å². The van der Waals surface area contributed by atoms with Crippen LogP contribution in [0.4, 0.5) is 0 Å². The molecule has 3 heteroatoms. The van der Waals surface area contributed by atoms with Gasteiger partial charge in [0.1, 0.15) is 0 Å². The molecule has 4 fully saturated rings. The highest BCUT2D eigenvalue weighted by Crippen LogP contribution is 2.68. The second kappa shape index (κ2) is 8.39. The molecule has 0 aliphatic heterocycles. The zero-order valence-corrected chi connectivity index (χ0v) is 20.4. The maximum Gasteiger partial charge on any atom is 0.213 e. The van der Waals surface area contributed by atoms with Crippen LogP contribution in [0.3, 0.4) is 0 Å². The van der Waals surface area contributed by atoms with Crippen molar-refractivity contribution in [1.29, 1.82) is 0 Å². The molecular weight excluding hydrogens is 370 g/mol. The van der Waals surface area contributed by atoms with Gasteiger partial charge in [0.25, 0.3) is 0 Å². The Bertz CT molecular complexity index is 632. The van der Waals surface area contributed by atoms with Gasteiger partial charge in [-0.2, -0.15) is 0 Å². The summed E-state index contributed by atoms with van der Waals surface area (Å²) in [6.45, 7) is 12.5. The van der Waals surface area contributed by atoms with Crippen LogP contribution in [-0.2, 0) is 0 Å². The van der Waals surface area contributed by atoms with E-state index in [-0.39, 0.29) is 11.0 Å². The van der Waals surface area contributed by atoms with Crippen LogP contribution in [0.25, 0.3) is 0 Å². The van der Waals surface area contributed by atoms with Crippen molar-refractivity contribution in [3.05, 3.63) is 10.1 Å². The molecule has 0 spiro atoms.